The second-order valence-corrected chi connectivity index (χ2v) is 6.88. The normalized spacial score (nSPS) is 21.8. The van der Waals surface area contributed by atoms with E-state index < -0.39 is 0 Å². The second-order valence-electron chi connectivity index (χ2n) is 6.05. The third-order valence-corrected chi connectivity index (χ3v) is 4.79. The minimum absolute atomic E-state index is 0.00360. The van der Waals surface area contributed by atoms with Gasteiger partial charge in [0.2, 0.25) is 5.91 Å². The molecule has 1 aromatic heterocycles. The van der Waals surface area contributed by atoms with Crippen LogP contribution in [0.25, 0.3) is 10.1 Å². The molecule has 20 heavy (non-hydrogen) atoms. The highest BCUT2D eigenvalue weighted by Gasteiger charge is 2.37. The molecule has 0 bridgehead atoms. The van der Waals surface area contributed by atoms with Crippen molar-refractivity contribution in [2.24, 2.45) is 5.41 Å². The summed E-state index contributed by atoms with van der Waals surface area (Å²) < 4.78 is 5.29. The molecule has 1 saturated heterocycles. The van der Waals surface area contributed by atoms with Crippen molar-refractivity contribution in [1.82, 2.24) is 9.69 Å². The van der Waals surface area contributed by atoms with Gasteiger partial charge in [0.1, 0.15) is 0 Å². The van der Waals surface area contributed by atoms with Crippen molar-refractivity contribution in [3.05, 3.63) is 24.4 Å². The molecule has 0 radical (unpaired) electrons. The maximum absolute atomic E-state index is 12.5. The van der Waals surface area contributed by atoms with Gasteiger partial charge in [-0.3, -0.25) is 4.79 Å². The largest absolute Gasteiger partial charge is 0.325 e. The Bertz CT molecular complexity index is 635. The number of aromatic nitrogens is 1. The number of anilines is 1. The number of hydrogen-bond donors (Lipinski definition) is 2. The molecule has 0 saturated carbocycles. The minimum atomic E-state index is -0.132. The van der Waals surface area contributed by atoms with E-state index in [0.717, 1.165) is 35.2 Å². The van der Waals surface area contributed by atoms with Crippen LogP contribution < -0.4 is 10.6 Å². The van der Waals surface area contributed by atoms with E-state index in [2.05, 4.69) is 28.9 Å². The number of nitrogens with zero attached hydrogens (tertiary/aromatic N) is 1. The lowest BCUT2D eigenvalue weighted by molar-refractivity contribution is -0.121. The molecule has 1 unspecified atom stereocenters. The first-order chi connectivity index (χ1) is 9.56. The number of fused-ring (bicyclic) bond motifs is 1. The molecule has 2 heterocycles. The molecule has 1 fully saturated rings. The molecular formula is C15H19N3OS. The number of nitrogens with one attached hydrogen (secondary N) is 2. The topological polar surface area (TPSA) is 54.0 Å². The molecule has 1 amide bonds. The van der Waals surface area contributed by atoms with Gasteiger partial charge in [0.05, 0.1) is 10.7 Å². The van der Waals surface area contributed by atoms with Crippen LogP contribution in [0.3, 0.4) is 0 Å². The van der Waals surface area contributed by atoms with E-state index >= 15 is 0 Å². The third-order valence-electron chi connectivity index (χ3n) is 4.01. The Morgan fingerprint density at radius 3 is 3.15 bits per heavy atom. The Morgan fingerprint density at radius 1 is 1.50 bits per heavy atom. The SMILES string of the molecule is CC1(C)CCCNC1C(=O)Nc1ccc2sncc2c1. The summed E-state index contributed by atoms with van der Waals surface area (Å²) in [6, 6.07) is 5.79. The van der Waals surface area contributed by atoms with Crippen LogP contribution in [-0.2, 0) is 4.79 Å². The molecule has 0 aliphatic carbocycles. The number of rotatable bonds is 2. The van der Waals surface area contributed by atoms with E-state index in [0.29, 0.717) is 0 Å². The van der Waals surface area contributed by atoms with Crippen LogP contribution in [-0.4, -0.2) is 22.9 Å². The lowest BCUT2D eigenvalue weighted by Crippen LogP contribution is -2.53. The van der Waals surface area contributed by atoms with E-state index in [4.69, 9.17) is 0 Å². The number of carbonyl (C=O) groups excluding carboxylic acids is 1. The highest BCUT2D eigenvalue weighted by atomic mass is 32.1. The number of carbonyl (C=O) groups is 1. The molecule has 1 aliphatic rings. The first-order valence-corrected chi connectivity index (χ1v) is 7.72. The van der Waals surface area contributed by atoms with Crippen LogP contribution in [0.5, 0.6) is 0 Å². The molecule has 2 N–H and O–H groups in total. The highest BCUT2D eigenvalue weighted by molar-refractivity contribution is 7.13. The average molecular weight is 289 g/mol. The third kappa shape index (κ3) is 2.55. The van der Waals surface area contributed by atoms with Gasteiger partial charge < -0.3 is 10.6 Å². The Hall–Kier alpha value is -1.46. The molecule has 4 nitrogen and oxygen atoms in total. The highest BCUT2D eigenvalue weighted by Crippen LogP contribution is 2.31. The van der Waals surface area contributed by atoms with E-state index in [-0.39, 0.29) is 17.4 Å². The molecule has 2 aromatic rings. The van der Waals surface area contributed by atoms with Crippen LogP contribution in [0.15, 0.2) is 24.4 Å². The van der Waals surface area contributed by atoms with Gasteiger partial charge in [-0.05, 0) is 54.5 Å². The van der Waals surface area contributed by atoms with Crippen LogP contribution in [0, 0.1) is 5.41 Å². The van der Waals surface area contributed by atoms with E-state index in [9.17, 15) is 4.79 Å². The number of piperidine rings is 1. The Morgan fingerprint density at radius 2 is 2.35 bits per heavy atom. The first kappa shape index (κ1) is 13.5. The average Bonchev–Trinajstić information content (AvgIpc) is 2.85. The smallest absolute Gasteiger partial charge is 0.242 e. The maximum Gasteiger partial charge on any atom is 0.242 e. The zero-order chi connectivity index (χ0) is 14.2. The van der Waals surface area contributed by atoms with Gasteiger partial charge >= 0.3 is 0 Å². The summed E-state index contributed by atoms with van der Waals surface area (Å²) in [4.78, 5) is 12.5. The lowest BCUT2D eigenvalue weighted by atomic mass is 9.77. The molecule has 1 aromatic carbocycles. The van der Waals surface area contributed by atoms with Gasteiger partial charge in [0, 0.05) is 17.3 Å². The minimum Gasteiger partial charge on any atom is -0.325 e. The van der Waals surface area contributed by atoms with Crippen molar-refractivity contribution in [3.8, 4) is 0 Å². The van der Waals surface area contributed by atoms with Crippen molar-refractivity contribution in [2.75, 3.05) is 11.9 Å². The van der Waals surface area contributed by atoms with Crippen molar-refractivity contribution >= 4 is 33.2 Å². The Kier molecular flexibility index (Phi) is 3.48. The first-order valence-electron chi connectivity index (χ1n) is 6.95. The fraction of sp³-hybridized carbons (Fsp3) is 0.467. The van der Waals surface area contributed by atoms with Crippen LogP contribution in [0.4, 0.5) is 5.69 Å². The van der Waals surface area contributed by atoms with Gasteiger partial charge in [-0.25, -0.2) is 0 Å². The van der Waals surface area contributed by atoms with Gasteiger partial charge in [-0.1, -0.05) is 13.8 Å². The number of hydrogen-bond acceptors (Lipinski definition) is 4. The van der Waals surface area contributed by atoms with E-state index in [1.54, 1.807) is 0 Å². The summed E-state index contributed by atoms with van der Waals surface area (Å²) >= 11 is 1.47. The quantitative estimate of drug-likeness (QED) is 0.893. The number of amides is 1. The second kappa shape index (κ2) is 5.14. The summed E-state index contributed by atoms with van der Waals surface area (Å²) in [5, 5.41) is 7.44. The van der Waals surface area contributed by atoms with Crippen LogP contribution in [0.2, 0.25) is 0 Å². The number of benzene rings is 1. The van der Waals surface area contributed by atoms with Gasteiger partial charge in [0.15, 0.2) is 0 Å². The summed E-state index contributed by atoms with van der Waals surface area (Å²) in [5.74, 6) is 0.0530. The monoisotopic (exact) mass is 289 g/mol. The maximum atomic E-state index is 12.5. The molecular weight excluding hydrogens is 270 g/mol. The zero-order valence-corrected chi connectivity index (χ0v) is 12.6. The fourth-order valence-electron chi connectivity index (χ4n) is 2.82. The molecule has 3 rings (SSSR count). The van der Waals surface area contributed by atoms with Gasteiger partial charge in [0.25, 0.3) is 0 Å². The Balaban J connectivity index is 1.77. The standard InChI is InChI=1S/C15H19N3OS/c1-15(2)6-3-7-16-13(15)14(19)18-11-4-5-12-10(8-11)9-17-20-12/h4-5,8-9,13,16H,3,6-7H2,1-2H3,(H,18,19). The summed E-state index contributed by atoms with van der Waals surface area (Å²) in [6.45, 7) is 5.21. The summed E-state index contributed by atoms with van der Waals surface area (Å²) in [5.41, 5.74) is 0.835. The van der Waals surface area contributed by atoms with Crippen molar-refractivity contribution in [2.45, 2.75) is 32.7 Å². The molecule has 0 spiro atoms. The zero-order valence-electron chi connectivity index (χ0n) is 11.8. The van der Waals surface area contributed by atoms with Gasteiger partial charge in [-0.2, -0.15) is 4.37 Å². The van der Waals surface area contributed by atoms with Gasteiger partial charge in [-0.15, -0.1) is 0 Å². The Labute approximate surface area is 122 Å². The van der Waals surface area contributed by atoms with Crippen molar-refractivity contribution < 1.29 is 4.79 Å². The lowest BCUT2D eigenvalue weighted by Gasteiger charge is -2.38. The van der Waals surface area contributed by atoms with E-state index in [1.807, 2.05) is 24.4 Å². The summed E-state index contributed by atoms with van der Waals surface area (Å²) in [6.07, 6.45) is 4.04. The predicted molar refractivity (Wildman–Crippen MR) is 83.1 cm³/mol. The molecule has 106 valence electrons. The molecule has 5 heteroatoms. The molecule has 1 atom stereocenters. The predicted octanol–water partition coefficient (Wildman–Crippen LogP) is 3.01. The van der Waals surface area contributed by atoms with Crippen molar-refractivity contribution in [1.29, 1.82) is 0 Å². The van der Waals surface area contributed by atoms with Crippen LogP contribution in [0.1, 0.15) is 26.7 Å². The van der Waals surface area contributed by atoms with Crippen molar-refractivity contribution in [3.63, 3.8) is 0 Å². The molecule has 1 aliphatic heterocycles. The van der Waals surface area contributed by atoms with Crippen LogP contribution >= 0.6 is 11.5 Å². The summed E-state index contributed by atoms with van der Waals surface area (Å²) in [7, 11) is 0. The fourth-order valence-corrected chi connectivity index (χ4v) is 3.45. The van der Waals surface area contributed by atoms with E-state index in [1.165, 1.54) is 11.5 Å².